The van der Waals surface area contributed by atoms with Gasteiger partial charge in [0.2, 0.25) is 0 Å². The molecule has 0 aliphatic heterocycles. The minimum absolute atomic E-state index is 0.0508. The number of hydrogen-bond acceptors (Lipinski definition) is 5. The van der Waals surface area contributed by atoms with Gasteiger partial charge in [0, 0.05) is 0 Å². The summed E-state index contributed by atoms with van der Waals surface area (Å²) < 4.78 is 5.77. The van der Waals surface area contributed by atoms with E-state index >= 15 is 0 Å². The average molecular weight is 383 g/mol. The standard InChI is InChI=1S/C20H19ClN4O2/c1-13(2)27-18-10-6-5-9-16(18)22-19-12-11-17(24-25-19)20(26)23-15-8-4-3-7-14(15)21/h3-13H,1-2H3,(H,22,25)(H,23,26). The quantitative estimate of drug-likeness (QED) is 0.633. The highest BCUT2D eigenvalue weighted by Crippen LogP contribution is 2.27. The van der Waals surface area contributed by atoms with Crippen molar-refractivity contribution in [1.29, 1.82) is 0 Å². The third kappa shape index (κ3) is 4.95. The summed E-state index contributed by atoms with van der Waals surface area (Å²) in [4.78, 5) is 12.3. The van der Waals surface area contributed by atoms with Crippen molar-refractivity contribution in [3.63, 3.8) is 0 Å². The molecule has 0 saturated carbocycles. The van der Waals surface area contributed by atoms with Crippen LogP contribution in [-0.2, 0) is 0 Å². The van der Waals surface area contributed by atoms with Crippen molar-refractivity contribution >= 4 is 34.7 Å². The maximum Gasteiger partial charge on any atom is 0.276 e. The molecule has 0 saturated heterocycles. The molecule has 138 valence electrons. The van der Waals surface area contributed by atoms with Crippen LogP contribution in [0.2, 0.25) is 5.02 Å². The first-order valence-corrected chi connectivity index (χ1v) is 8.83. The molecule has 0 unspecified atom stereocenters. The number of amides is 1. The molecule has 2 N–H and O–H groups in total. The Labute approximate surface area is 162 Å². The van der Waals surface area contributed by atoms with Crippen molar-refractivity contribution in [2.45, 2.75) is 20.0 Å². The van der Waals surface area contributed by atoms with Crippen molar-refractivity contribution < 1.29 is 9.53 Å². The van der Waals surface area contributed by atoms with E-state index in [9.17, 15) is 4.79 Å². The van der Waals surface area contributed by atoms with Crippen LogP contribution in [0.1, 0.15) is 24.3 Å². The number of nitrogens with zero attached hydrogens (tertiary/aromatic N) is 2. The summed E-state index contributed by atoms with van der Waals surface area (Å²) >= 11 is 6.05. The monoisotopic (exact) mass is 382 g/mol. The van der Waals surface area contributed by atoms with Crippen molar-refractivity contribution in [3.05, 3.63) is 71.4 Å². The first kappa shape index (κ1) is 18.7. The summed E-state index contributed by atoms with van der Waals surface area (Å²) in [6.45, 7) is 3.92. The molecule has 3 rings (SSSR count). The van der Waals surface area contributed by atoms with Gasteiger partial charge in [-0.2, -0.15) is 0 Å². The van der Waals surface area contributed by atoms with E-state index in [0.717, 1.165) is 11.4 Å². The van der Waals surface area contributed by atoms with Crippen LogP contribution < -0.4 is 15.4 Å². The normalized spacial score (nSPS) is 10.5. The molecule has 1 heterocycles. The van der Waals surface area contributed by atoms with Gasteiger partial charge < -0.3 is 15.4 Å². The highest BCUT2D eigenvalue weighted by molar-refractivity contribution is 6.33. The summed E-state index contributed by atoms with van der Waals surface area (Å²) in [5, 5.41) is 14.4. The van der Waals surface area contributed by atoms with Gasteiger partial charge in [-0.1, -0.05) is 35.9 Å². The number of ether oxygens (including phenoxy) is 1. The van der Waals surface area contributed by atoms with E-state index in [4.69, 9.17) is 16.3 Å². The van der Waals surface area contributed by atoms with Gasteiger partial charge >= 0.3 is 0 Å². The molecule has 0 bridgehead atoms. The second-order valence-corrected chi connectivity index (χ2v) is 6.43. The molecule has 27 heavy (non-hydrogen) atoms. The van der Waals surface area contributed by atoms with Gasteiger partial charge in [-0.15, -0.1) is 10.2 Å². The molecule has 1 amide bonds. The Balaban J connectivity index is 1.71. The Morgan fingerprint density at radius 3 is 2.33 bits per heavy atom. The lowest BCUT2D eigenvalue weighted by atomic mass is 10.2. The van der Waals surface area contributed by atoms with Gasteiger partial charge in [0.05, 0.1) is 22.5 Å². The predicted octanol–water partition coefficient (Wildman–Crippen LogP) is 4.91. The van der Waals surface area contributed by atoms with Crippen LogP contribution in [0.25, 0.3) is 0 Å². The number of anilines is 3. The third-order valence-electron chi connectivity index (χ3n) is 3.53. The van der Waals surface area contributed by atoms with Gasteiger partial charge in [-0.25, -0.2) is 0 Å². The van der Waals surface area contributed by atoms with Gasteiger partial charge in [-0.3, -0.25) is 4.79 Å². The fraction of sp³-hybridized carbons (Fsp3) is 0.150. The lowest BCUT2D eigenvalue weighted by Gasteiger charge is -2.14. The minimum Gasteiger partial charge on any atom is -0.489 e. The number of hydrogen-bond donors (Lipinski definition) is 2. The molecule has 2 aromatic carbocycles. The van der Waals surface area contributed by atoms with E-state index in [1.54, 1.807) is 36.4 Å². The van der Waals surface area contributed by atoms with E-state index < -0.39 is 0 Å². The Kier molecular flexibility index (Phi) is 5.88. The zero-order chi connectivity index (χ0) is 19.2. The molecular formula is C20H19ClN4O2. The largest absolute Gasteiger partial charge is 0.489 e. The average Bonchev–Trinajstić information content (AvgIpc) is 2.65. The summed E-state index contributed by atoms with van der Waals surface area (Å²) in [6, 6.07) is 17.8. The lowest BCUT2D eigenvalue weighted by molar-refractivity contribution is 0.102. The first-order valence-electron chi connectivity index (χ1n) is 8.45. The van der Waals surface area contributed by atoms with Crippen LogP contribution in [0.3, 0.4) is 0 Å². The van der Waals surface area contributed by atoms with E-state index in [0.29, 0.717) is 16.5 Å². The SMILES string of the molecule is CC(C)Oc1ccccc1Nc1ccc(C(=O)Nc2ccccc2Cl)nn1. The number of aromatic nitrogens is 2. The highest BCUT2D eigenvalue weighted by atomic mass is 35.5. The zero-order valence-corrected chi connectivity index (χ0v) is 15.7. The first-order chi connectivity index (χ1) is 13.0. The fourth-order valence-corrected chi connectivity index (χ4v) is 2.52. The van der Waals surface area contributed by atoms with Crippen LogP contribution in [0, 0.1) is 0 Å². The molecule has 7 heteroatoms. The zero-order valence-electron chi connectivity index (χ0n) is 14.9. The molecule has 0 spiro atoms. The number of halogens is 1. The van der Waals surface area contributed by atoms with Crippen LogP contribution in [0.5, 0.6) is 5.75 Å². The van der Waals surface area contributed by atoms with Crippen LogP contribution >= 0.6 is 11.6 Å². The molecule has 0 fully saturated rings. The minimum atomic E-state index is -0.384. The fourth-order valence-electron chi connectivity index (χ4n) is 2.33. The van der Waals surface area contributed by atoms with Crippen molar-refractivity contribution in [1.82, 2.24) is 10.2 Å². The second kappa shape index (κ2) is 8.51. The van der Waals surface area contributed by atoms with Crippen LogP contribution in [0.4, 0.5) is 17.2 Å². The number of carbonyl (C=O) groups is 1. The third-order valence-corrected chi connectivity index (χ3v) is 3.86. The summed E-state index contributed by atoms with van der Waals surface area (Å²) in [6.07, 6.45) is 0.0508. The Hall–Kier alpha value is -3.12. The summed E-state index contributed by atoms with van der Waals surface area (Å²) in [5.41, 5.74) is 1.48. The van der Waals surface area contributed by atoms with E-state index in [2.05, 4.69) is 20.8 Å². The summed E-state index contributed by atoms with van der Waals surface area (Å²) in [5.74, 6) is 0.838. The van der Waals surface area contributed by atoms with Crippen molar-refractivity contribution in [2.75, 3.05) is 10.6 Å². The number of nitrogens with one attached hydrogen (secondary N) is 2. The number of carbonyl (C=O) groups excluding carboxylic acids is 1. The molecule has 1 aromatic heterocycles. The topological polar surface area (TPSA) is 76.1 Å². The molecule has 0 aliphatic rings. The Bertz CT molecular complexity index is 929. The highest BCUT2D eigenvalue weighted by Gasteiger charge is 2.11. The van der Waals surface area contributed by atoms with E-state index in [1.807, 2.05) is 38.1 Å². The predicted molar refractivity (Wildman–Crippen MR) is 107 cm³/mol. The van der Waals surface area contributed by atoms with E-state index in [1.165, 1.54) is 0 Å². The van der Waals surface area contributed by atoms with Crippen molar-refractivity contribution in [2.24, 2.45) is 0 Å². The van der Waals surface area contributed by atoms with Crippen molar-refractivity contribution in [3.8, 4) is 5.75 Å². The second-order valence-electron chi connectivity index (χ2n) is 6.03. The van der Waals surface area contributed by atoms with Crippen LogP contribution in [-0.4, -0.2) is 22.2 Å². The number of benzene rings is 2. The molecule has 0 radical (unpaired) electrons. The van der Waals surface area contributed by atoms with Gasteiger partial charge in [0.1, 0.15) is 5.75 Å². The van der Waals surface area contributed by atoms with Gasteiger partial charge in [-0.05, 0) is 50.2 Å². The Morgan fingerprint density at radius 1 is 0.963 bits per heavy atom. The Morgan fingerprint density at radius 2 is 1.67 bits per heavy atom. The van der Waals surface area contributed by atoms with Crippen LogP contribution in [0.15, 0.2) is 60.7 Å². The number of para-hydroxylation sites is 3. The van der Waals surface area contributed by atoms with Gasteiger partial charge in [0.15, 0.2) is 11.5 Å². The molecule has 3 aromatic rings. The maximum absolute atomic E-state index is 12.3. The molecule has 0 atom stereocenters. The molecule has 0 aliphatic carbocycles. The number of rotatable bonds is 6. The molecule has 6 nitrogen and oxygen atoms in total. The van der Waals surface area contributed by atoms with Gasteiger partial charge in [0.25, 0.3) is 5.91 Å². The summed E-state index contributed by atoms with van der Waals surface area (Å²) in [7, 11) is 0. The maximum atomic E-state index is 12.3. The van der Waals surface area contributed by atoms with E-state index in [-0.39, 0.29) is 17.7 Å². The molecular weight excluding hydrogens is 364 g/mol. The smallest absolute Gasteiger partial charge is 0.276 e. The lowest BCUT2D eigenvalue weighted by Crippen LogP contribution is -2.15.